The van der Waals surface area contributed by atoms with Gasteiger partial charge < -0.3 is 9.88 Å². The highest BCUT2D eigenvalue weighted by atomic mass is 19.4. The Labute approximate surface area is 167 Å². The molecule has 0 radical (unpaired) electrons. The number of alkyl halides is 3. The number of hydrogen-bond acceptors (Lipinski definition) is 4. The number of aromatic nitrogens is 3. The zero-order chi connectivity index (χ0) is 21.7. The van der Waals surface area contributed by atoms with E-state index in [0.29, 0.717) is 5.39 Å². The first-order valence-electron chi connectivity index (χ1n) is 8.94. The molecule has 2 aromatic heterocycles. The summed E-state index contributed by atoms with van der Waals surface area (Å²) < 4.78 is 41.4. The number of halogens is 3. The molecule has 8 nitrogen and oxygen atoms in total. The van der Waals surface area contributed by atoms with Crippen molar-refractivity contribution < 1.29 is 27.6 Å². The number of benzene rings is 1. The number of amides is 3. The maximum absolute atomic E-state index is 12.9. The molecule has 0 spiro atoms. The van der Waals surface area contributed by atoms with E-state index in [1.807, 2.05) is 0 Å². The molecular formula is C19H16F3N5O3. The first kappa shape index (κ1) is 19.7. The van der Waals surface area contributed by atoms with Crippen LogP contribution in [0.15, 0.2) is 43.0 Å². The summed E-state index contributed by atoms with van der Waals surface area (Å²) in [5, 5.41) is 5.45. The van der Waals surface area contributed by atoms with Crippen LogP contribution in [-0.2, 0) is 23.6 Å². The van der Waals surface area contributed by atoms with Crippen LogP contribution in [-0.4, -0.2) is 32.0 Å². The predicted octanol–water partition coefficient (Wildman–Crippen LogP) is 2.55. The second-order valence-electron chi connectivity index (χ2n) is 7.08. The Morgan fingerprint density at radius 3 is 2.53 bits per heavy atom. The molecule has 3 heterocycles. The lowest BCUT2D eigenvalue weighted by Gasteiger charge is -2.25. The van der Waals surface area contributed by atoms with E-state index >= 15 is 0 Å². The Balaban J connectivity index is 1.59. The molecule has 3 amide bonds. The smallest absolute Gasteiger partial charge is 0.336 e. The summed E-state index contributed by atoms with van der Waals surface area (Å²) in [5.74, 6) is -0.796. The average Bonchev–Trinajstić information content (AvgIpc) is 3.35. The number of nitrogens with zero attached hydrogens (tertiary/aromatic N) is 3. The van der Waals surface area contributed by atoms with Gasteiger partial charge in [-0.05, 0) is 23.9 Å². The lowest BCUT2D eigenvalue weighted by Crippen LogP contribution is -2.46. The van der Waals surface area contributed by atoms with Crippen LogP contribution in [0.25, 0.3) is 10.8 Å². The highest BCUT2D eigenvalue weighted by molar-refractivity contribution is 6.07. The van der Waals surface area contributed by atoms with E-state index in [1.165, 1.54) is 29.2 Å². The number of imide groups is 1. The van der Waals surface area contributed by atoms with Crippen LogP contribution in [0.3, 0.4) is 0 Å². The molecule has 1 atom stereocenters. The normalized spacial score (nSPS) is 19.2. The van der Waals surface area contributed by atoms with Crippen molar-refractivity contribution >= 4 is 28.6 Å². The van der Waals surface area contributed by atoms with Crippen LogP contribution < -0.4 is 10.6 Å². The number of nitrogens with one attached hydrogen (secondary N) is 2. The lowest BCUT2D eigenvalue weighted by atomic mass is 9.92. The van der Waals surface area contributed by atoms with Crippen molar-refractivity contribution in [1.82, 2.24) is 24.8 Å². The minimum Gasteiger partial charge on any atom is -0.336 e. The van der Waals surface area contributed by atoms with Gasteiger partial charge >= 0.3 is 12.2 Å². The number of aryl methyl sites for hydroxylation is 1. The predicted molar refractivity (Wildman–Crippen MR) is 98.4 cm³/mol. The van der Waals surface area contributed by atoms with Crippen LogP contribution in [0.1, 0.15) is 29.0 Å². The van der Waals surface area contributed by atoms with Gasteiger partial charge in [-0.2, -0.15) is 13.2 Å². The second-order valence-corrected chi connectivity index (χ2v) is 7.08. The number of hydrogen-bond donors (Lipinski definition) is 2. The van der Waals surface area contributed by atoms with Gasteiger partial charge in [0.1, 0.15) is 5.82 Å². The zero-order valence-corrected chi connectivity index (χ0v) is 15.7. The summed E-state index contributed by atoms with van der Waals surface area (Å²) in [6.07, 6.45) is 1.10. The van der Waals surface area contributed by atoms with Crippen molar-refractivity contribution in [2.75, 3.05) is 0 Å². The van der Waals surface area contributed by atoms with Crippen molar-refractivity contribution in [1.29, 1.82) is 0 Å². The topological polar surface area (TPSA) is 98.0 Å². The Kier molecular flexibility index (Phi) is 4.40. The number of rotatable bonds is 4. The van der Waals surface area contributed by atoms with Crippen LogP contribution in [0.2, 0.25) is 0 Å². The molecular weight excluding hydrogens is 403 g/mol. The van der Waals surface area contributed by atoms with Gasteiger partial charge in [0.2, 0.25) is 5.91 Å². The Hall–Kier alpha value is -3.63. The van der Waals surface area contributed by atoms with E-state index in [9.17, 15) is 27.6 Å². The van der Waals surface area contributed by atoms with Gasteiger partial charge in [-0.25, -0.2) is 9.78 Å². The molecule has 1 aliphatic rings. The maximum atomic E-state index is 12.9. The molecule has 2 N–H and O–H groups in total. The zero-order valence-electron chi connectivity index (χ0n) is 15.7. The SMILES string of the molecule is Cn1ccnc1C1(CCC(=O)n2cc3ccc(C(F)(F)F)cc3c2)NC(=O)NC1=O. The number of urea groups is 1. The first-order chi connectivity index (χ1) is 14.1. The van der Waals surface area contributed by atoms with Crippen molar-refractivity contribution in [3.63, 3.8) is 0 Å². The van der Waals surface area contributed by atoms with E-state index in [4.69, 9.17) is 0 Å². The minimum atomic E-state index is -4.48. The third-order valence-corrected chi connectivity index (χ3v) is 5.12. The van der Waals surface area contributed by atoms with E-state index in [-0.39, 0.29) is 24.1 Å². The molecule has 1 aliphatic heterocycles. The summed E-state index contributed by atoms with van der Waals surface area (Å²) in [4.78, 5) is 41.1. The van der Waals surface area contributed by atoms with E-state index in [0.717, 1.165) is 12.1 Å². The number of carbonyl (C=O) groups is 3. The van der Waals surface area contributed by atoms with Crippen molar-refractivity contribution in [2.45, 2.75) is 24.6 Å². The Morgan fingerprint density at radius 2 is 1.93 bits per heavy atom. The van der Waals surface area contributed by atoms with Gasteiger partial charge in [-0.15, -0.1) is 0 Å². The lowest BCUT2D eigenvalue weighted by molar-refractivity contribution is -0.137. The average molecular weight is 419 g/mol. The van der Waals surface area contributed by atoms with Gasteiger partial charge in [-0.3, -0.25) is 19.5 Å². The fraction of sp³-hybridized carbons (Fsp3) is 0.263. The monoisotopic (exact) mass is 419 g/mol. The van der Waals surface area contributed by atoms with Crippen molar-refractivity contribution in [3.05, 3.63) is 54.4 Å². The minimum absolute atomic E-state index is 0.0728. The Morgan fingerprint density at radius 1 is 1.20 bits per heavy atom. The second kappa shape index (κ2) is 6.71. The maximum Gasteiger partial charge on any atom is 0.416 e. The fourth-order valence-electron chi connectivity index (χ4n) is 3.60. The van der Waals surface area contributed by atoms with E-state index in [2.05, 4.69) is 15.6 Å². The molecule has 11 heteroatoms. The summed E-state index contributed by atoms with van der Waals surface area (Å²) in [5.41, 5.74) is -2.32. The molecule has 1 fully saturated rings. The van der Waals surface area contributed by atoms with Crippen LogP contribution >= 0.6 is 0 Å². The Bertz CT molecular complexity index is 1180. The molecule has 1 unspecified atom stereocenters. The van der Waals surface area contributed by atoms with Crippen LogP contribution in [0.5, 0.6) is 0 Å². The molecule has 30 heavy (non-hydrogen) atoms. The van der Waals surface area contributed by atoms with Gasteiger partial charge in [0.25, 0.3) is 5.91 Å². The molecule has 1 saturated heterocycles. The highest BCUT2D eigenvalue weighted by Gasteiger charge is 2.50. The molecule has 156 valence electrons. The largest absolute Gasteiger partial charge is 0.416 e. The van der Waals surface area contributed by atoms with Gasteiger partial charge in [-0.1, -0.05) is 6.07 Å². The van der Waals surface area contributed by atoms with E-state index < -0.39 is 35.1 Å². The van der Waals surface area contributed by atoms with Gasteiger partial charge in [0.15, 0.2) is 5.54 Å². The number of imidazole rings is 1. The fourth-order valence-corrected chi connectivity index (χ4v) is 3.60. The summed E-state index contributed by atoms with van der Waals surface area (Å²) in [6, 6.07) is 2.52. The first-order valence-corrected chi connectivity index (χ1v) is 8.94. The number of fused-ring (bicyclic) bond motifs is 1. The van der Waals surface area contributed by atoms with Crippen LogP contribution in [0.4, 0.5) is 18.0 Å². The third kappa shape index (κ3) is 3.21. The van der Waals surface area contributed by atoms with Crippen molar-refractivity contribution in [2.24, 2.45) is 7.05 Å². The number of carbonyl (C=O) groups excluding carboxylic acids is 3. The van der Waals surface area contributed by atoms with Gasteiger partial charge in [0.05, 0.1) is 5.56 Å². The molecule has 0 saturated carbocycles. The molecule has 0 aliphatic carbocycles. The highest BCUT2D eigenvalue weighted by Crippen LogP contribution is 2.32. The summed E-state index contributed by atoms with van der Waals surface area (Å²) >= 11 is 0. The molecule has 3 aromatic rings. The van der Waals surface area contributed by atoms with Crippen molar-refractivity contribution in [3.8, 4) is 0 Å². The van der Waals surface area contributed by atoms with Gasteiger partial charge in [0, 0.05) is 43.6 Å². The quantitative estimate of drug-likeness (QED) is 0.635. The standard InChI is InChI=1S/C19H16F3N5O3/c1-26-7-6-23-15(26)18(16(29)24-17(30)25-18)5-4-14(28)27-9-11-2-3-13(19(20,21)22)8-12(11)10-27/h2-3,6-10H,4-5H2,1H3,(H2,24,25,29,30). The summed E-state index contributed by atoms with van der Waals surface area (Å²) in [6.45, 7) is 0. The van der Waals surface area contributed by atoms with Crippen LogP contribution in [0, 0.1) is 0 Å². The third-order valence-electron chi connectivity index (χ3n) is 5.12. The molecule has 0 bridgehead atoms. The molecule has 1 aromatic carbocycles. The van der Waals surface area contributed by atoms with E-state index in [1.54, 1.807) is 17.8 Å². The molecule has 4 rings (SSSR count). The summed E-state index contributed by atoms with van der Waals surface area (Å²) in [7, 11) is 1.65.